The van der Waals surface area contributed by atoms with Crippen LogP contribution in [0.3, 0.4) is 0 Å². The molecule has 1 aromatic rings. The van der Waals surface area contributed by atoms with Crippen LogP contribution < -0.4 is 0 Å². The van der Waals surface area contributed by atoms with E-state index in [4.69, 9.17) is 13.9 Å². The number of hydrogen-bond acceptors (Lipinski definition) is 6. The van der Waals surface area contributed by atoms with Crippen LogP contribution in [-0.2, 0) is 25.3 Å². The standard InChI is InChI=1S/C24H40O6Si/c1-17(14-29-31(6,7)23(3,4)5)20-13-24(27,21(25)22(26)30-20)18(2)15-28-16-19-11-9-8-10-12-19/h8-12,17-18,20-21,25,27H,13-16H2,1-7H3/t17-,18-,20+,21+,24+/m1/s1. The zero-order chi connectivity index (χ0) is 23.4. The molecular weight excluding hydrogens is 412 g/mol. The summed E-state index contributed by atoms with van der Waals surface area (Å²) in [6, 6.07) is 9.75. The van der Waals surface area contributed by atoms with Crippen LogP contribution in [0, 0.1) is 11.8 Å². The number of aliphatic hydroxyl groups excluding tert-OH is 1. The summed E-state index contributed by atoms with van der Waals surface area (Å²) in [6.07, 6.45) is -1.97. The second kappa shape index (κ2) is 10.1. The quantitative estimate of drug-likeness (QED) is 0.437. The summed E-state index contributed by atoms with van der Waals surface area (Å²) in [5, 5.41) is 21.8. The summed E-state index contributed by atoms with van der Waals surface area (Å²) in [6.45, 7) is 15.7. The first kappa shape index (κ1) is 26.0. The van der Waals surface area contributed by atoms with Gasteiger partial charge in [-0.15, -0.1) is 0 Å². The number of benzene rings is 1. The highest BCUT2D eigenvalue weighted by molar-refractivity contribution is 6.74. The molecule has 0 aliphatic carbocycles. The van der Waals surface area contributed by atoms with E-state index in [9.17, 15) is 15.0 Å². The lowest BCUT2D eigenvalue weighted by Gasteiger charge is -2.45. The Labute approximate surface area is 188 Å². The summed E-state index contributed by atoms with van der Waals surface area (Å²) >= 11 is 0. The highest BCUT2D eigenvalue weighted by Crippen LogP contribution is 2.39. The van der Waals surface area contributed by atoms with Gasteiger partial charge in [0, 0.05) is 24.9 Å². The molecule has 0 saturated carbocycles. The Morgan fingerprint density at radius 1 is 1.19 bits per heavy atom. The second-order valence-electron chi connectivity index (χ2n) is 10.5. The van der Waals surface area contributed by atoms with Crippen molar-refractivity contribution in [2.75, 3.05) is 13.2 Å². The zero-order valence-electron chi connectivity index (χ0n) is 20.1. The van der Waals surface area contributed by atoms with Gasteiger partial charge in [-0.3, -0.25) is 0 Å². The molecule has 1 saturated heterocycles. The van der Waals surface area contributed by atoms with Crippen molar-refractivity contribution >= 4 is 14.3 Å². The van der Waals surface area contributed by atoms with Gasteiger partial charge in [0.15, 0.2) is 14.4 Å². The molecule has 7 heteroatoms. The predicted octanol–water partition coefficient (Wildman–Crippen LogP) is 3.90. The van der Waals surface area contributed by atoms with E-state index >= 15 is 0 Å². The second-order valence-corrected chi connectivity index (χ2v) is 15.3. The van der Waals surface area contributed by atoms with Gasteiger partial charge in [-0.1, -0.05) is 65.0 Å². The van der Waals surface area contributed by atoms with Gasteiger partial charge in [0.2, 0.25) is 0 Å². The minimum atomic E-state index is -1.94. The van der Waals surface area contributed by atoms with E-state index in [0.717, 1.165) is 5.56 Å². The van der Waals surface area contributed by atoms with Gasteiger partial charge in [-0.25, -0.2) is 4.79 Å². The highest BCUT2D eigenvalue weighted by atomic mass is 28.4. The molecule has 2 rings (SSSR count). The molecule has 1 heterocycles. The Bertz CT molecular complexity index is 717. The lowest BCUT2D eigenvalue weighted by Crippen LogP contribution is -2.60. The van der Waals surface area contributed by atoms with E-state index in [-0.39, 0.29) is 24.0 Å². The minimum Gasteiger partial charge on any atom is -0.460 e. The third kappa shape index (κ3) is 6.39. The van der Waals surface area contributed by atoms with E-state index in [0.29, 0.717) is 13.2 Å². The largest absolute Gasteiger partial charge is 0.460 e. The molecule has 0 amide bonds. The van der Waals surface area contributed by atoms with Gasteiger partial charge < -0.3 is 24.1 Å². The normalized spacial score (nSPS) is 26.9. The van der Waals surface area contributed by atoms with Crippen molar-refractivity contribution in [1.82, 2.24) is 0 Å². The van der Waals surface area contributed by atoms with Crippen LogP contribution in [0.4, 0.5) is 0 Å². The first-order valence-corrected chi connectivity index (χ1v) is 14.1. The maximum absolute atomic E-state index is 12.4. The Morgan fingerprint density at radius 3 is 2.39 bits per heavy atom. The van der Waals surface area contributed by atoms with Crippen LogP contribution in [0.2, 0.25) is 18.1 Å². The molecule has 0 radical (unpaired) electrons. The predicted molar refractivity (Wildman–Crippen MR) is 123 cm³/mol. The fourth-order valence-corrected chi connectivity index (χ4v) is 4.53. The first-order chi connectivity index (χ1) is 14.3. The van der Waals surface area contributed by atoms with Crippen molar-refractivity contribution in [2.45, 2.75) is 83.6 Å². The van der Waals surface area contributed by atoms with Crippen molar-refractivity contribution in [3.63, 3.8) is 0 Å². The van der Waals surface area contributed by atoms with Crippen molar-refractivity contribution in [3.05, 3.63) is 35.9 Å². The molecule has 5 atom stereocenters. The summed E-state index contributed by atoms with van der Waals surface area (Å²) in [4.78, 5) is 12.4. The van der Waals surface area contributed by atoms with E-state index in [1.54, 1.807) is 6.92 Å². The number of aliphatic hydroxyl groups is 2. The van der Waals surface area contributed by atoms with Crippen molar-refractivity contribution in [3.8, 4) is 0 Å². The summed E-state index contributed by atoms with van der Waals surface area (Å²) in [5.41, 5.74) is -0.582. The lowest BCUT2D eigenvalue weighted by molar-refractivity contribution is -0.217. The Morgan fingerprint density at radius 2 is 1.81 bits per heavy atom. The van der Waals surface area contributed by atoms with Crippen LogP contribution in [0.25, 0.3) is 0 Å². The molecule has 0 unspecified atom stereocenters. The summed E-state index contributed by atoms with van der Waals surface area (Å²) in [7, 11) is -1.94. The first-order valence-electron chi connectivity index (χ1n) is 11.1. The minimum absolute atomic E-state index is 0.0809. The van der Waals surface area contributed by atoms with Gasteiger partial charge in [-0.2, -0.15) is 0 Å². The van der Waals surface area contributed by atoms with E-state index in [2.05, 4.69) is 33.9 Å². The molecule has 31 heavy (non-hydrogen) atoms. The maximum Gasteiger partial charge on any atom is 0.338 e. The van der Waals surface area contributed by atoms with Crippen LogP contribution in [0.5, 0.6) is 0 Å². The van der Waals surface area contributed by atoms with Crippen LogP contribution in [0.15, 0.2) is 30.3 Å². The molecule has 0 bridgehead atoms. The molecule has 1 aliphatic rings. The number of cyclic esters (lactones) is 1. The van der Waals surface area contributed by atoms with Crippen LogP contribution in [0.1, 0.15) is 46.6 Å². The number of hydrogen-bond donors (Lipinski definition) is 2. The molecule has 1 aromatic carbocycles. The molecule has 0 aromatic heterocycles. The number of rotatable bonds is 9. The van der Waals surface area contributed by atoms with E-state index < -0.39 is 38.0 Å². The van der Waals surface area contributed by atoms with Gasteiger partial charge in [-0.05, 0) is 23.7 Å². The Balaban J connectivity index is 1.99. The van der Waals surface area contributed by atoms with Crippen LogP contribution >= 0.6 is 0 Å². The molecular formula is C24H40O6Si. The SMILES string of the molecule is C[C@H](CO[Si](C)(C)C(C)(C)C)[C@@H]1C[C@](O)([C@H](C)COCc2ccccc2)[C@@H](O)C(=O)O1. The number of carbonyl (C=O) groups excluding carboxylic acids is 1. The van der Waals surface area contributed by atoms with E-state index in [1.807, 2.05) is 37.3 Å². The zero-order valence-corrected chi connectivity index (χ0v) is 21.1. The number of ether oxygens (including phenoxy) is 2. The topological polar surface area (TPSA) is 85.2 Å². The third-order valence-electron chi connectivity index (χ3n) is 6.97. The maximum atomic E-state index is 12.4. The van der Waals surface area contributed by atoms with Gasteiger partial charge in [0.05, 0.1) is 13.2 Å². The molecule has 0 spiro atoms. The average molecular weight is 453 g/mol. The van der Waals surface area contributed by atoms with Gasteiger partial charge in [0.1, 0.15) is 11.7 Å². The fraction of sp³-hybridized carbons (Fsp3) is 0.708. The monoisotopic (exact) mass is 452 g/mol. The molecule has 1 aliphatic heterocycles. The molecule has 6 nitrogen and oxygen atoms in total. The molecule has 176 valence electrons. The van der Waals surface area contributed by atoms with Crippen molar-refractivity contribution < 1.29 is 28.9 Å². The van der Waals surface area contributed by atoms with Crippen LogP contribution in [-0.4, -0.2) is 55.5 Å². The van der Waals surface area contributed by atoms with Gasteiger partial charge in [0.25, 0.3) is 0 Å². The smallest absolute Gasteiger partial charge is 0.338 e. The Hall–Kier alpha value is -1.25. The number of esters is 1. The number of carbonyl (C=O) groups is 1. The van der Waals surface area contributed by atoms with E-state index in [1.165, 1.54) is 0 Å². The van der Waals surface area contributed by atoms with Gasteiger partial charge >= 0.3 is 5.97 Å². The fourth-order valence-electron chi connectivity index (χ4n) is 3.42. The summed E-state index contributed by atoms with van der Waals surface area (Å²) in [5.74, 6) is -1.34. The van der Waals surface area contributed by atoms with Crippen molar-refractivity contribution in [2.24, 2.45) is 11.8 Å². The van der Waals surface area contributed by atoms with Crippen molar-refractivity contribution in [1.29, 1.82) is 0 Å². The summed E-state index contributed by atoms with van der Waals surface area (Å²) < 4.78 is 17.5. The molecule has 2 N–H and O–H groups in total. The lowest BCUT2D eigenvalue weighted by atomic mass is 9.76. The average Bonchev–Trinajstić information content (AvgIpc) is 2.69. The third-order valence-corrected chi connectivity index (χ3v) is 11.5. The Kier molecular flexibility index (Phi) is 8.50. The molecule has 1 fully saturated rings. The highest BCUT2D eigenvalue weighted by Gasteiger charge is 2.53.